The molecule has 0 unspecified atom stereocenters. The van der Waals surface area contributed by atoms with Crippen LogP contribution in [0.1, 0.15) is 5.56 Å². The van der Waals surface area contributed by atoms with Crippen molar-refractivity contribution in [1.82, 2.24) is 4.31 Å². The van der Waals surface area contributed by atoms with Gasteiger partial charge in [0.05, 0.1) is 23.9 Å². The van der Waals surface area contributed by atoms with E-state index >= 15 is 0 Å². The van der Waals surface area contributed by atoms with Crippen LogP contribution >= 0.6 is 11.8 Å². The number of thioether (sulfide) groups is 1. The Hall–Kier alpha value is -1.87. The Bertz CT molecular complexity index is 895. The topological polar surface area (TPSA) is 75.7 Å². The van der Waals surface area contributed by atoms with Crippen LogP contribution in [0.5, 0.6) is 0 Å². The second-order valence-corrected chi connectivity index (χ2v) is 9.10. The van der Waals surface area contributed by atoms with Crippen LogP contribution in [-0.2, 0) is 19.6 Å². The summed E-state index contributed by atoms with van der Waals surface area (Å²) in [7, 11) is -3.61. The second kappa shape index (κ2) is 8.88. The maximum atomic E-state index is 12.9. The zero-order valence-corrected chi connectivity index (χ0v) is 16.7. The highest BCUT2D eigenvalue weighted by Crippen LogP contribution is 2.25. The third-order valence-electron chi connectivity index (χ3n) is 4.17. The lowest BCUT2D eigenvalue weighted by atomic mass is 10.2. The van der Waals surface area contributed by atoms with Crippen molar-refractivity contribution in [1.29, 1.82) is 0 Å². The van der Waals surface area contributed by atoms with Gasteiger partial charge < -0.3 is 10.1 Å². The number of carbonyl (C=O) groups is 1. The van der Waals surface area contributed by atoms with Crippen LogP contribution in [0.4, 0.5) is 5.69 Å². The van der Waals surface area contributed by atoms with Crippen molar-refractivity contribution in [3.63, 3.8) is 0 Å². The molecule has 1 saturated heterocycles. The highest BCUT2D eigenvalue weighted by Gasteiger charge is 2.28. The van der Waals surface area contributed by atoms with E-state index in [9.17, 15) is 13.2 Å². The molecule has 0 radical (unpaired) electrons. The fraction of sp³-hybridized carbons (Fsp3) is 0.316. The van der Waals surface area contributed by atoms with Gasteiger partial charge in [-0.3, -0.25) is 4.79 Å². The maximum Gasteiger partial charge on any atom is 0.243 e. The zero-order chi connectivity index (χ0) is 19.3. The van der Waals surface area contributed by atoms with Crippen molar-refractivity contribution >= 4 is 33.4 Å². The van der Waals surface area contributed by atoms with Crippen LogP contribution in [-0.4, -0.2) is 50.7 Å². The van der Waals surface area contributed by atoms with Crippen molar-refractivity contribution in [3.05, 3.63) is 54.1 Å². The largest absolute Gasteiger partial charge is 0.379 e. The molecule has 1 N–H and O–H groups in total. The maximum absolute atomic E-state index is 12.9. The van der Waals surface area contributed by atoms with E-state index in [1.807, 2.05) is 30.3 Å². The summed E-state index contributed by atoms with van der Waals surface area (Å²) in [5.74, 6) is 0.0751. The fourth-order valence-electron chi connectivity index (χ4n) is 2.74. The minimum Gasteiger partial charge on any atom is -0.379 e. The van der Waals surface area contributed by atoms with Gasteiger partial charge in [0, 0.05) is 23.7 Å². The van der Waals surface area contributed by atoms with E-state index in [1.54, 1.807) is 19.1 Å². The molecule has 1 amide bonds. The van der Waals surface area contributed by atoms with Gasteiger partial charge in [0.15, 0.2) is 0 Å². The third kappa shape index (κ3) is 5.10. The van der Waals surface area contributed by atoms with Crippen LogP contribution in [0.25, 0.3) is 0 Å². The summed E-state index contributed by atoms with van der Waals surface area (Å²) in [4.78, 5) is 13.5. The second-order valence-electron chi connectivity index (χ2n) is 6.15. The molecule has 1 aliphatic heterocycles. The molecule has 3 rings (SSSR count). The number of morpholine rings is 1. The molecule has 0 aliphatic carbocycles. The summed E-state index contributed by atoms with van der Waals surface area (Å²) in [6.07, 6.45) is 0. The number of nitrogens with one attached hydrogen (secondary N) is 1. The Morgan fingerprint density at radius 3 is 2.56 bits per heavy atom. The van der Waals surface area contributed by atoms with Gasteiger partial charge in [-0.05, 0) is 36.8 Å². The molecule has 27 heavy (non-hydrogen) atoms. The first-order chi connectivity index (χ1) is 13.0. The number of rotatable bonds is 6. The lowest BCUT2D eigenvalue weighted by molar-refractivity contribution is -0.113. The molecule has 0 bridgehead atoms. The van der Waals surface area contributed by atoms with Crippen molar-refractivity contribution < 1.29 is 17.9 Å². The normalized spacial score (nSPS) is 15.4. The Labute approximate surface area is 164 Å². The Kier molecular flexibility index (Phi) is 6.54. The monoisotopic (exact) mass is 406 g/mol. The fourth-order valence-corrected chi connectivity index (χ4v) is 5.12. The van der Waals surface area contributed by atoms with Gasteiger partial charge in [-0.25, -0.2) is 8.42 Å². The van der Waals surface area contributed by atoms with Gasteiger partial charge in [-0.2, -0.15) is 4.31 Å². The van der Waals surface area contributed by atoms with Gasteiger partial charge in [-0.1, -0.05) is 24.3 Å². The predicted molar refractivity (Wildman–Crippen MR) is 107 cm³/mol. The van der Waals surface area contributed by atoms with E-state index < -0.39 is 10.0 Å². The SMILES string of the molecule is Cc1ccc(NC(=O)CSc2ccccc2)cc1S(=O)(=O)N1CCOCC1. The van der Waals surface area contributed by atoms with Crippen LogP contribution in [0.15, 0.2) is 58.3 Å². The van der Waals surface area contributed by atoms with E-state index in [-0.39, 0.29) is 16.6 Å². The molecular weight excluding hydrogens is 384 g/mol. The number of hydrogen-bond donors (Lipinski definition) is 1. The highest BCUT2D eigenvalue weighted by atomic mass is 32.2. The van der Waals surface area contributed by atoms with Crippen molar-refractivity contribution in [3.8, 4) is 0 Å². The van der Waals surface area contributed by atoms with E-state index in [0.717, 1.165) is 4.90 Å². The van der Waals surface area contributed by atoms with Crippen LogP contribution < -0.4 is 5.32 Å². The molecule has 0 atom stereocenters. The number of ether oxygens (including phenoxy) is 1. The lowest BCUT2D eigenvalue weighted by Crippen LogP contribution is -2.40. The third-order valence-corrected chi connectivity index (χ3v) is 7.23. The number of benzene rings is 2. The molecule has 6 nitrogen and oxygen atoms in total. The zero-order valence-electron chi connectivity index (χ0n) is 15.1. The summed E-state index contributed by atoms with van der Waals surface area (Å²) < 4.78 is 32.5. The first-order valence-electron chi connectivity index (χ1n) is 8.63. The Morgan fingerprint density at radius 2 is 1.85 bits per heavy atom. The number of amides is 1. The van der Waals surface area contributed by atoms with Gasteiger partial charge >= 0.3 is 0 Å². The first kappa shape index (κ1) is 19.9. The van der Waals surface area contributed by atoms with Crippen molar-refractivity contribution in [2.75, 3.05) is 37.4 Å². The summed E-state index contributed by atoms with van der Waals surface area (Å²) >= 11 is 1.43. The average molecular weight is 407 g/mol. The van der Waals surface area contributed by atoms with E-state index in [1.165, 1.54) is 22.1 Å². The number of hydrogen-bond acceptors (Lipinski definition) is 5. The molecule has 8 heteroatoms. The molecular formula is C19H22N2O4S2. The van der Waals surface area contributed by atoms with E-state index in [0.29, 0.717) is 37.6 Å². The standard InChI is InChI=1S/C19H22N2O4S2/c1-15-7-8-16(20-19(22)14-26-17-5-3-2-4-6-17)13-18(15)27(23,24)21-9-11-25-12-10-21/h2-8,13H,9-12,14H2,1H3,(H,20,22). The molecule has 1 heterocycles. The number of sulfonamides is 1. The smallest absolute Gasteiger partial charge is 0.243 e. The molecule has 1 fully saturated rings. The van der Waals surface area contributed by atoms with Gasteiger partial charge in [0.2, 0.25) is 15.9 Å². The van der Waals surface area contributed by atoms with Crippen molar-refractivity contribution in [2.24, 2.45) is 0 Å². The predicted octanol–water partition coefficient (Wildman–Crippen LogP) is 2.75. The summed E-state index contributed by atoms with van der Waals surface area (Å²) in [6, 6.07) is 14.6. The van der Waals surface area contributed by atoms with Crippen LogP contribution in [0, 0.1) is 6.92 Å². The van der Waals surface area contributed by atoms with Gasteiger partial charge in [0.1, 0.15) is 0 Å². The molecule has 2 aromatic carbocycles. The summed E-state index contributed by atoms with van der Waals surface area (Å²) in [6.45, 7) is 3.22. The molecule has 2 aromatic rings. The van der Waals surface area contributed by atoms with Gasteiger partial charge in [-0.15, -0.1) is 11.8 Å². The van der Waals surface area contributed by atoms with E-state index in [2.05, 4.69) is 5.32 Å². The molecule has 0 saturated carbocycles. The number of aryl methyl sites for hydroxylation is 1. The van der Waals surface area contributed by atoms with Crippen molar-refractivity contribution in [2.45, 2.75) is 16.7 Å². The summed E-state index contributed by atoms with van der Waals surface area (Å²) in [5.41, 5.74) is 1.13. The number of anilines is 1. The molecule has 1 aliphatic rings. The average Bonchev–Trinajstić information content (AvgIpc) is 2.69. The Balaban J connectivity index is 1.70. The first-order valence-corrected chi connectivity index (χ1v) is 11.1. The number of carbonyl (C=O) groups excluding carboxylic acids is 1. The molecule has 0 aromatic heterocycles. The van der Waals surface area contributed by atoms with Gasteiger partial charge in [0.25, 0.3) is 0 Å². The minimum absolute atomic E-state index is 0.178. The molecule has 144 valence electrons. The minimum atomic E-state index is -3.61. The van der Waals surface area contributed by atoms with E-state index in [4.69, 9.17) is 4.74 Å². The lowest BCUT2D eigenvalue weighted by Gasteiger charge is -2.26. The highest BCUT2D eigenvalue weighted by molar-refractivity contribution is 8.00. The molecule has 0 spiro atoms. The summed E-state index contributed by atoms with van der Waals surface area (Å²) in [5, 5.41) is 2.79. The van der Waals surface area contributed by atoms with Crippen LogP contribution in [0.2, 0.25) is 0 Å². The van der Waals surface area contributed by atoms with Crippen LogP contribution in [0.3, 0.4) is 0 Å². The Morgan fingerprint density at radius 1 is 1.15 bits per heavy atom. The number of nitrogens with zero attached hydrogens (tertiary/aromatic N) is 1. The quantitative estimate of drug-likeness (QED) is 0.747.